The molecule has 2 nitrogen and oxygen atoms in total. The van der Waals surface area contributed by atoms with E-state index in [1.54, 1.807) is 6.07 Å². The molecule has 0 aromatic heterocycles. The summed E-state index contributed by atoms with van der Waals surface area (Å²) in [5.74, 6) is 0.285. The van der Waals surface area contributed by atoms with E-state index in [4.69, 9.17) is 18.0 Å². The third-order valence-corrected chi connectivity index (χ3v) is 2.91. The Morgan fingerprint density at radius 2 is 2.27 bits per heavy atom. The van der Waals surface area contributed by atoms with Gasteiger partial charge in [0.05, 0.1) is 5.56 Å². The average molecular weight is 224 g/mol. The van der Waals surface area contributed by atoms with Crippen molar-refractivity contribution >= 4 is 22.9 Å². The number of halogens is 1. The summed E-state index contributed by atoms with van der Waals surface area (Å²) in [5, 5.41) is 3.25. The predicted molar refractivity (Wildman–Crippen MR) is 63.5 cm³/mol. The van der Waals surface area contributed by atoms with E-state index >= 15 is 0 Å². The largest absolute Gasteiger partial charge is 0.389 e. The van der Waals surface area contributed by atoms with Crippen LogP contribution in [-0.2, 0) is 0 Å². The minimum absolute atomic E-state index is 0.101. The number of benzene rings is 1. The maximum Gasteiger partial charge on any atom is 0.135 e. The predicted octanol–water partition coefficient (Wildman–Crippen LogP) is 2.28. The molecule has 2 atom stereocenters. The van der Waals surface area contributed by atoms with Crippen molar-refractivity contribution in [1.29, 1.82) is 0 Å². The van der Waals surface area contributed by atoms with Gasteiger partial charge in [-0.25, -0.2) is 4.39 Å². The van der Waals surface area contributed by atoms with Crippen molar-refractivity contribution in [3.63, 3.8) is 0 Å². The maximum atomic E-state index is 13.5. The van der Waals surface area contributed by atoms with Gasteiger partial charge in [0, 0.05) is 11.7 Å². The Morgan fingerprint density at radius 1 is 1.60 bits per heavy atom. The van der Waals surface area contributed by atoms with Crippen molar-refractivity contribution in [3.05, 3.63) is 29.6 Å². The monoisotopic (exact) mass is 224 g/mol. The lowest BCUT2D eigenvalue weighted by atomic mass is 10.1. The van der Waals surface area contributed by atoms with E-state index in [1.807, 2.05) is 6.07 Å². The van der Waals surface area contributed by atoms with Crippen LogP contribution in [0.4, 0.5) is 10.1 Å². The van der Waals surface area contributed by atoms with Gasteiger partial charge in [-0.3, -0.25) is 0 Å². The molecule has 2 rings (SSSR count). The van der Waals surface area contributed by atoms with Crippen molar-refractivity contribution in [2.45, 2.75) is 19.4 Å². The van der Waals surface area contributed by atoms with Gasteiger partial charge in [0.25, 0.3) is 0 Å². The second kappa shape index (κ2) is 3.77. The van der Waals surface area contributed by atoms with Crippen molar-refractivity contribution in [2.24, 2.45) is 11.7 Å². The summed E-state index contributed by atoms with van der Waals surface area (Å²) in [6, 6.07) is 5.27. The zero-order valence-corrected chi connectivity index (χ0v) is 9.27. The summed E-state index contributed by atoms with van der Waals surface area (Å²) in [6.07, 6.45) is 1.12. The summed E-state index contributed by atoms with van der Waals surface area (Å²) in [7, 11) is 0. The van der Waals surface area contributed by atoms with Crippen LogP contribution in [0.25, 0.3) is 0 Å². The summed E-state index contributed by atoms with van der Waals surface area (Å²) in [6.45, 7) is 2.15. The van der Waals surface area contributed by atoms with Crippen LogP contribution < -0.4 is 11.1 Å². The van der Waals surface area contributed by atoms with E-state index in [2.05, 4.69) is 12.2 Å². The van der Waals surface area contributed by atoms with E-state index in [0.29, 0.717) is 23.2 Å². The standard InChI is InChI=1S/C11H13FN2S/c1-6-5-9(6)14-8-4-2-3-7(12)10(8)11(13)15/h2-4,6,9,14H,5H2,1H3,(H2,13,15). The van der Waals surface area contributed by atoms with E-state index < -0.39 is 0 Å². The fourth-order valence-electron chi connectivity index (χ4n) is 1.62. The Bertz CT molecular complexity index is 406. The second-order valence-electron chi connectivity index (χ2n) is 3.99. The zero-order valence-electron chi connectivity index (χ0n) is 8.46. The van der Waals surface area contributed by atoms with Gasteiger partial charge in [-0.15, -0.1) is 0 Å². The third-order valence-electron chi connectivity index (χ3n) is 2.71. The highest BCUT2D eigenvalue weighted by molar-refractivity contribution is 7.80. The molecule has 0 bridgehead atoms. The summed E-state index contributed by atoms with van der Waals surface area (Å²) >= 11 is 4.84. The highest BCUT2D eigenvalue weighted by Crippen LogP contribution is 2.34. The third kappa shape index (κ3) is 2.09. The highest BCUT2D eigenvalue weighted by atomic mass is 32.1. The molecule has 1 saturated carbocycles. The van der Waals surface area contributed by atoms with Crippen molar-refractivity contribution in [2.75, 3.05) is 5.32 Å². The van der Waals surface area contributed by atoms with Crippen LogP contribution in [-0.4, -0.2) is 11.0 Å². The molecule has 1 fully saturated rings. The minimum Gasteiger partial charge on any atom is -0.389 e. The van der Waals surface area contributed by atoms with Gasteiger partial charge in [-0.1, -0.05) is 25.2 Å². The molecule has 0 saturated heterocycles. The van der Waals surface area contributed by atoms with Gasteiger partial charge in [0.15, 0.2) is 0 Å². The first-order valence-corrected chi connectivity index (χ1v) is 5.35. The van der Waals surface area contributed by atoms with Crippen molar-refractivity contribution in [3.8, 4) is 0 Å². The van der Waals surface area contributed by atoms with Gasteiger partial charge in [-0.05, 0) is 24.5 Å². The molecule has 0 heterocycles. The summed E-state index contributed by atoms with van der Waals surface area (Å²) in [5.41, 5.74) is 6.53. The molecule has 0 aliphatic heterocycles. The van der Waals surface area contributed by atoms with Gasteiger partial charge in [0.1, 0.15) is 10.8 Å². The number of hydrogen-bond donors (Lipinski definition) is 2. The summed E-state index contributed by atoms with van der Waals surface area (Å²) in [4.78, 5) is 0.101. The smallest absolute Gasteiger partial charge is 0.135 e. The Hall–Kier alpha value is -1.16. The highest BCUT2D eigenvalue weighted by Gasteiger charge is 2.33. The normalized spacial score (nSPS) is 23.6. The van der Waals surface area contributed by atoms with Crippen LogP contribution in [0.5, 0.6) is 0 Å². The van der Waals surface area contributed by atoms with Crippen molar-refractivity contribution in [1.82, 2.24) is 0 Å². The molecule has 0 amide bonds. The molecule has 4 heteroatoms. The first kappa shape index (κ1) is 10.4. The van der Waals surface area contributed by atoms with Gasteiger partial charge in [-0.2, -0.15) is 0 Å². The molecule has 1 aromatic carbocycles. The lowest BCUT2D eigenvalue weighted by Gasteiger charge is -2.11. The Labute approximate surface area is 93.7 Å². The van der Waals surface area contributed by atoms with E-state index in [-0.39, 0.29) is 10.8 Å². The molecule has 1 aliphatic carbocycles. The molecular weight excluding hydrogens is 211 g/mol. The van der Waals surface area contributed by atoms with Crippen LogP contribution in [0.2, 0.25) is 0 Å². The number of thiocarbonyl (C=S) groups is 1. The van der Waals surface area contributed by atoms with Crippen LogP contribution >= 0.6 is 12.2 Å². The number of anilines is 1. The van der Waals surface area contributed by atoms with E-state index in [0.717, 1.165) is 6.42 Å². The SMILES string of the molecule is CC1CC1Nc1cccc(F)c1C(N)=S. The topological polar surface area (TPSA) is 38.0 Å². The molecule has 2 unspecified atom stereocenters. The molecule has 3 N–H and O–H groups in total. The number of hydrogen-bond acceptors (Lipinski definition) is 2. The minimum atomic E-state index is -0.360. The van der Waals surface area contributed by atoms with Crippen LogP contribution in [0.3, 0.4) is 0 Å². The fourth-order valence-corrected chi connectivity index (χ4v) is 1.83. The second-order valence-corrected chi connectivity index (χ2v) is 4.43. The first-order chi connectivity index (χ1) is 7.09. The lowest BCUT2D eigenvalue weighted by molar-refractivity contribution is 0.626. The molecule has 80 valence electrons. The van der Waals surface area contributed by atoms with E-state index in [1.165, 1.54) is 6.07 Å². The summed E-state index contributed by atoms with van der Waals surface area (Å²) < 4.78 is 13.5. The van der Waals surface area contributed by atoms with Gasteiger partial charge < -0.3 is 11.1 Å². The van der Waals surface area contributed by atoms with Gasteiger partial charge >= 0.3 is 0 Å². The lowest BCUT2D eigenvalue weighted by Crippen LogP contribution is -2.16. The molecule has 1 aliphatic rings. The molecule has 0 radical (unpaired) electrons. The quantitative estimate of drug-likeness (QED) is 0.774. The Kier molecular flexibility index (Phi) is 2.61. The Morgan fingerprint density at radius 3 is 2.80 bits per heavy atom. The Balaban J connectivity index is 2.29. The van der Waals surface area contributed by atoms with Crippen LogP contribution in [0.1, 0.15) is 18.9 Å². The molecular formula is C11H13FN2S. The zero-order chi connectivity index (χ0) is 11.0. The first-order valence-electron chi connectivity index (χ1n) is 4.94. The van der Waals surface area contributed by atoms with Crippen LogP contribution in [0.15, 0.2) is 18.2 Å². The number of nitrogens with one attached hydrogen (secondary N) is 1. The number of rotatable bonds is 3. The number of nitrogens with two attached hydrogens (primary N) is 1. The van der Waals surface area contributed by atoms with E-state index in [9.17, 15) is 4.39 Å². The molecule has 0 spiro atoms. The molecule has 1 aromatic rings. The molecule has 15 heavy (non-hydrogen) atoms. The average Bonchev–Trinajstić information content (AvgIpc) is 2.81. The van der Waals surface area contributed by atoms with Gasteiger partial charge in [0.2, 0.25) is 0 Å². The van der Waals surface area contributed by atoms with Crippen LogP contribution in [0, 0.1) is 11.7 Å². The fraction of sp³-hybridized carbons (Fsp3) is 0.364. The maximum absolute atomic E-state index is 13.5. The van der Waals surface area contributed by atoms with Crippen molar-refractivity contribution < 1.29 is 4.39 Å².